The number of para-hydroxylation sites is 1. The van der Waals surface area contributed by atoms with E-state index >= 15 is 0 Å². The molecule has 0 bridgehead atoms. The van der Waals surface area contributed by atoms with E-state index in [1.54, 1.807) is 6.08 Å². The summed E-state index contributed by atoms with van der Waals surface area (Å²) >= 11 is 6.14. The summed E-state index contributed by atoms with van der Waals surface area (Å²) in [6.45, 7) is 1.36. The minimum Gasteiger partial charge on any atom is -0.548 e. The third-order valence-corrected chi connectivity index (χ3v) is 4.85. The van der Waals surface area contributed by atoms with Crippen LogP contribution in [0.15, 0.2) is 40.8 Å². The largest absolute Gasteiger partial charge is 0.548 e. The summed E-state index contributed by atoms with van der Waals surface area (Å²) in [6.07, 6.45) is 3.44. The fourth-order valence-electron chi connectivity index (χ4n) is 2.34. The van der Waals surface area contributed by atoms with E-state index in [0.29, 0.717) is 4.91 Å². The van der Waals surface area contributed by atoms with Crippen molar-refractivity contribution in [3.05, 3.63) is 46.4 Å². The lowest BCUT2D eigenvalue weighted by atomic mass is 10.0. The Morgan fingerprint density at radius 3 is 2.96 bits per heavy atom. The van der Waals surface area contributed by atoms with Gasteiger partial charge in [-0.2, -0.15) is 0 Å². The maximum atomic E-state index is 12.3. The van der Waals surface area contributed by atoms with E-state index < -0.39 is 18.4 Å². The molecule has 118 valence electrons. The first-order valence-electron chi connectivity index (χ1n) is 6.88. The Labute approximate surface area is 142 Å². The molecule has 1 aromatic rings. The normalized spacial score (nSPS) is 22.0. The minimum atomic E-state index is -1.34. The van der Waals surface area contributed by atoms with Crippen molar-refractivity contribution in [2.45, 2.75) is 13.0 Å². The molecule has 23 heavy (non-hydrogen) atoms. The Morgan fingerprint density at radius 1 is 1.48 bits per heavy atom. The van der Waals surface area contributed by atoms with Crippen LogP contribution >= 0.6 is 24.0 Å². The zero-order chi connectivity index (χ0) is 16.6. The number of carbonyl (C=O) groups is 2. The topological polar surface area (TPSA) is 69.7 Å². The third-order valence-electron chi connectivity index (χ3n) is 3.47. The third kappa shape index (κ3) is 3.16. The average Bonchev–Trinajstić information content (AvgIpc) is 2.75. The van der Waals surface area contributed by atoms with Gasteiger partial charge < -0.3 is 14.6 Å². The van der Waals surface area contributed by atoms with Crippen LogP contribution in [0.3, 0.4) is 0 Å². The molecule has 0 aromatic heterocycles. The predicted octanol–water partition coefficient (Wildman–Crippen LogP) is 1.34. The molecule has 1 fully saturated rings. The van der Waals surface area contributed by atoms with Crippen LogP contribution in [0.5, 0.6) is 5.75 Å². The fraction of sp³-hybridized carbons (Fsp3) is 0.188. The summed E-state index contributed by atoms with van der Waals surface area (Å²) in [7, 11) is 0. The standard InChI is InChI=1S/C16H13NO4S2/c1-9-11(6-10-4-2-3-5-12(10)21-9)7-13-15(20)17(8-14(18)19)16(22)23-13/h2-7,9H,8H2,1H3,(H,18,19)/p-1/b13-7-/t9-/m0/s1. The smallest absolute Gasteiger partial charge is 0.266 e. The summed E-state index contributed by atoms with van der Waals surface area (Å²) in [6, 6.07) is 7.62. The number of amides is 1. The average molecular weight is 346 g/mol. The quantitative estimate of drug-likeness (QED) is 0.608. The molecule has 0 N–H and O–H groups in total. The number of fused-ring (bicyclic) bond motifs is 1. The van der Waals surface area contributed by atoms with Crippen LogP contribution in [0, 0.1) is 0 Å². The van der Waals surface area contributed by atoms with Gasteiger partial charge in [-0.25, -0.2) is 0 Å². The second-order valence-corrected chi connectivity index (χ2v) is 6.76. The van der Waals surface area contributed by atoms with Crippen LogP contribution < -0.4 is 9.84 Å². The Balaban J connectivity index is 1.90. The van der Waals surface area contributed by atoms with Crippen LogP contribution in [0.2, 0.25) is 0 Å². The van der Waals surface area contributed by atoms with Crippen LogP contribution in [-0.2, 0) is 9.59 Å². The number of ether oxygens (including phenoxy) is 1. The molecule has 1 amide bonds. The summed E-state index contributed by atoms with van der Waals surface area (Å²) in [5.41, 5.74) is 1.76. The number of carboxylic acid groups (broad SMARTS) is 1. The van der Waals surface area contributed by atoms with E-state index in [1.807, 2.05) is 37.3 Å². The number of hydrogen-bond acceptors (Lipinski definition) is 6. The second kappa shape index (κ2) is 6.17. The van der Waals surface area contributed by atoms with E-state index in [-0.39, 0.29) is 10.4 Å². The minimum absolute atomic E-state index is 0.213. The lowest BCUT2D eigenvalue weighted by Crippen LogP contribution is -2.40. The summed E-state index contributed by atoms with van der Waals surface area (Å²) in [5.74, 6) is -0.970. The summed E-state index contributed by atoms with van der Waals surface area (Å²) < 4.78 is 6.04. The van der Waals surface area contributed by atoms with Gasteiger partial charge in [0.05, 0.1) is 17.4 Å². The van der Waals surface area contributed by atoms with Gasteiger partial charge >= 0.3 is 0 Å². The van der Waals surface area contributed by atoms with Crippen molar-refractivity contribution in [1.82, 2.24) is 4.90 Å². The monoisotopic (exact) mass is 346 g/mol. The maximum absolute atomic E-state index is 12.3. The molecule has 0 unspecified atom stereocenters. The number of benzene rings is 1. The van der Waals surface area contributed by atoms with Crippen molar-refractivity contribution in [2.75, 3.05) is 6.54 Å². The van der Waals surface area contributed by atoms with Crippen LogP contribution in [-0.4, -0.2) is 33.7 Å². The molecule has 5 nitrogen and oxygen atoms in total. The summed E-state index contributed by atoms with van der Waals surface area (Å²) in [5, 5.41) is 10.7. The fourth-order valence-corrected chi connectivity index (χ4v) is 3.59. The lowest BCUT2D eigenvalue weighted by molar-refractivity contribution is -0.305. The van der Waals surface area contributed by atoms with E-state index in [4.69, 9.17) is 17.0 Å². The molecule has 0 saturated carbocycles. The van der Waals surface area contributed by atoms with E-state index in [2.05, 4.69) is 0 Å². The molecule has 1 aromatic carbocycles. The number of nitrogens with zero attached hydrogens (tertiary/aromatic N) is 1. The second-order valence-electron chi connectivity index (χ2n) is 5.08. The zero-order valence-corrected chi connectivity index (χ0v) is 13.8. The molecule has 3 rings (SSSR count). The van der Waals surface area contributed by atoms with Crippen LogP contribution in [0.25, 0.3) is 6.08 Å². The SMILES string of the molecule is C[C@@H]1Oc2ccccc2C=C1/C=C1\SC(=S)N(CC(=O)[O-])C1=O. The van der Waals surface area contributed by atoms with Gasteiger partial charge in [0, 0.05) is 5.56 Å². The van der Waals surface area contributed by atoms with Gasteiger partial charge in [-0.15, -0.1) is 0 Å². The van der Waals surface area contributed by atoms with Crippen molar-refractivity contribution in [3.63, 3.8) is 0 Å². The molecular formula is C16H12NO4S2-. The Hall–Kier alpha value is -2.12. The van der Waals surface area contributed by atoms with E-state index in [1.165, 1.54) is 0 Å². The lowest BCUT2D eigenvalue weighted by Gasteiger charge is -2.23. The Morgan fingerprint density at radius 2 is 2.22 bits per heavy atom. The highest BCUT2D eigenvalue weighted by Crippen LogP contribution is 2.35. The molecule has 2 aliphatic heterocycles. The van der Waals surface area contributed by atoms with Crippen molar-refractivity contribution in [3.8, 4) is 5.75 Å². The molecule has 2 aliphatic rings. The van der Waals surface area contributed by atoms with Gasteiger partial charge in [0.1, 0.15) is 16.2 Å². The molecule has 0 radical (unpaired) electrons. The maximum Gasteiger partial charge on any atom is 0.266 e. The number of aliphatic carboxylic acids is 1. The van der Waals surface area contributed by atoms with Gasteiger partial charge in [0.15, 0.2) is 0 Å². The number of hydrogen-bond donors (Lipinski definition) is 0. The first-order valence-corrected chi connectivity index (χ1v) is 8.10. The number of carbonyl (C=O) groups excluding carboxylic acids is 2. The first kappa shape index (κ1) is 15.8. The molecule has 1 saturated heterocycles. The predicted molar refractivity (Wildman–Crippen MR) is 89.5 cm³/mol. The van der Waals surface area contributed by atoms with Crippen LogP contribution in [0.4, 0.5) is 0 Å². The Kier molecular flexibility index (Phi) is 4.23. The molecule has 7 heteroatoms. The zero-order valence-electron chi connectivity index (χ0n) is 12.1. The van der Waals surface area contributed by atoms with Crippen molar-refractivity contribution in [1.29, 1.82) is 0 Å². The van der Waals surface area contributed by atoms with E-state index in [9.17, 15) is 14.7 Å². The van der Waals surface area contributed by atoms with Crippen LogP contribution in [0.1, 0.15) is 12.5 Å². The molecule has 1 atom stereocenters. The first-order chi connectivity index (χ1) is 11.0. The number of carboxylic acids is 1. The van der Waals surface area contributed by atoms with Crippen molar-refractivity contribution < 1.29 is 19.4 Å². The molecular weight excluding hydrogens is 334 g/mol. The molecule has 0 aliphatic carbocycles. The van der Waals surface area contributed by atoms with Gasteiger partial charge in [0.2, 0.25) is 0 Å². The number of thiocarbonyl (C=S) groups is 1. The highest BCUT2D eigenvalue weighted by Gasteiger charge is 2.32. The Bertz CT molecular complexity index is 769. The highest BCUT2D eigenvalue weighted by atomic mass is 32.2. The number of thioether (sulfide) groups is 1. The summed E-state index contributed by atoms with van der Waals surface area (Å²) in [4.78, 5) is 24.4. The number of rotatable bonds is 3. The highest BCUT2D eigenvalue weighted by molar-refractivity contribution is 8.26. The molecule has 2 heterocycles. The molecule has 0 spiro atoms. The van der Waals surface area contributed by atoms with Gasteiger partial charge in [0.25, 0.3) is 5.91 Å². The van der Waals surface area contributed by atoms with Crippen molar-refractivity contribution >= 4 is 46.3 Å². The van der Waals surface area contributed by atoms with E-state index in [0.717, 1.165) is 33.5 Å². The van der Waals surface area contributed by atoms with Gasteiger partial charge in [-0.3, -0.25) is 9.69 Å². The van der Waals surface area contributed by atoms with Crippen molar-refractivity contribution in [2.24, 2.45) is 0 Å². The van der Waals surface area contributed by atoms with Gasteiger partial charge in [-0.05, 0) is 30.7 Å². The van der Waals surface area contributed by atoms with Gasteiger partial charge in [-0.1, -0.05) is 42.2 Å².